The number of ether oxygens (including phenoxy) is 2. The summed E-state index contributed by atoms with van der Waals surface area (Å²) in [5.74, 6) is 0. The minimum Gasteiger partial charge on any atom is -0.726 e. The fraction of sp³-hybridized carbons (Fsp3) is 1.00. The van der Waals surface area contributed by atoms with Crippen molar-refractivity contribution < 1.29 is 63.3 Å². The predicted octanol–water partition coefficient (Wildman–Crippen LogP) is 6.80. The van der Waals surface area contributed by atoms with Crippen molar-refractivity contribution >= 4 is 20.8 Å². The van der Waals surface area contributed by atoms with E-state index in [1.54, 1.807) is 0 Å². The van der Waals surface area contributed by atoms with Crippen LogP contribution < -0.4 is 0 Å². The van der Waals surface area contributed by atoms with E-state index in [2.05, 4.69) is 22.2 Å². The van der Waals surface area contributed by atoms with Gasteiger partial charge in [-0.1, -0.05) is 129 Å². The molecule has 246 valence electrons. The SMILES string of the molecule is CCCCCCCCCCCCOCCOS(=O)(=O)[O-].CCCCCCCCCCCCOCCOS(=O)(=O)[O-].[Zn]. The maximum absolute atomic E-state index is 10.1. The standard InChI is InChI=1S/2C14H30O5S.Zn/c2*1-2-3-4-5-6-7-8-9-10-11-12-18-13-14-19-20(15,16)17;/h2*2-14H2,1H3,(H,15,16,17);/p-2. The van der Waals surface area contributed by atoms with Crippen molar-refractivity contribution in [3.05, 3.63) is 0 Å². The molecular formula is C28H58O10S2Zn-2. The molecule has 0 amide bonds. The Morgan fingerprint density at radius 2 is 0.634 bits per heavy atom. The van der Waals surface area contributed by atoms with E-state index < -0.39 is 20.8 Å². The van der Waals surface area contributed by atoms with Crippen LogP contribution in [0.2, 0.25) is 0 Å². The molecule has 0 aromatic heterocycles. The normalized spacial score (nSPS) is 11.6. The molecule has 0 aromatic carbocycles. The zero-order chi connectivity index (χ0) is 30.2. The Morgan fingerprint density at radius 3 is 0.878 bits per heavy atom. The number of hydrogen-bond donors (Lipinski definition) is 0. The van der Waals surface area contributed by atoms with Crippen molar-refractivity contribution in [2.45, 2.75) is 142 Å². The third kappa shape index (κ3) is 50.2. The second-order valence-corrected chi connectivity index (χ2v) is 12.2. The van der Waals surface area contributed by atoms with E-state index in [1.165, 1.54) is 103 Å². The van der Waals surface area contributed by atoms with Gasteiger partial charge in [0, 0.05) is 32.7 Å². The third-order valence-electron chi connectivity index (χ3n) is 6.20. The van der Waals surface area contributed by atoms with Crippen molar-refractivity contribution in [3.8, 4) is 0 Å². The van der Waals surface area contributed by atoms with E-state index in [4.69, 9.17) is 9.47 Å². The van der Waals surface area contributed by atoms with Gasteiger partial charge in [0.25, 0.3) is 0 Å². The summed E-state index contributed by atoms with van der Waals surface area (Å²) in [7, 11) is -9.14. The molecule has 0 heterocycles. The Morgan fingerprint density at radius 1 is 0.390 bits per heavy atom. The Labute approximate surface area is 265 Å². The van der Waals surface area contributed by atoms with E-state index in [9.17, 15) is 25.9 Å². The van der Waals surface area contributed by atoms with Gasteiger partial charge < -0.3 is 18.6 Å². The molecule has 0 bridgehead atoms. The summed E-state index contributed by atoms with van der Waals surface area (Å²) >= 11 is 0. The molecule has 0 saturated heterocycles. The van der Waals surface area contributed by atoms with Gasteiger partial charge in [-0.05, 0) is 12.8 Å². The Hall–Kier alpha value is 0.283. The molecule has 41 heavy (non-hydrogen) atoms. The molecule has 0 saturated carbocycles. The van der Waals surface area contributed by atoms with Gasteiger partial charge >= 0.3 is 0 Å². The van der Waals surface area contributed by atoms with Gasteiger partial charge in [-0.25, -0.2) is 16.8 Å². The second kappa shape index (κ2) is 34.8. The summed E-state index contributed by atoms with van der Waals surface area (Å²) < 4.78 is 79.1. The van der Waals surface area contributed by atoms with Crippen LogP contribution in [-0.2, 0) is 58.1 Å². The molecule has 10 nitrogen and oxygen atoms in total. The fourth-order valence-corrected chi connectivity index (χ4v) is 4.52. The van der Waals surface area contributed by atoms with Gasteiger partial charge in [-0.2, -0.15) is 0 Å². The molecule has 0 aliphatic heterocycles. The van der Waals surface area contributed by atoms with Gasteiger partial charge in [0.2, 0.25) is 20.8 Å². The van der Waals surface area contributed by atoms with Crippen LogP contribution in [0.15, 0.2) is 0 Å². The molecule has 0 aliphatic rings. The zero-order valence-corrected chi connectivity index (χ0v) is 30.6. The number of rotatable bonds is 30. The van der Waals surface area contributed by atoms with Crippen LogP contribution in [-0.4, -0.2) is 65.6 Å². The van der Waals surface area contributed by atoms with Gasteiger partial charge in [0.05, 0.1) is 26.4 Å². The molecule has 0 spiro atoms. The van der Waals surface area contributed by atoms with Crippen LogP contribution >= 0.6 is 0 Å². The first-order chi connectivity index (χ1) is 19.1. The van der Waals surface area contributed by atoms with Crippen molar-refractivity contribution in [2.75, 3.05) is 39.6 Å². The van der Waals surface area contributed by atoms with E-state index in [1.807, 2.05) is 0 Å². The van der Waals surface area contributed by atoms with E-state index in [0.29, 0.717) is 13.2 Å². The first-order valence-corrected chi connectivity index (χ1v) is 18.1. The molecule has 0 fully saturated rings. The summed E-state index contributed by atoms with van der Waals surface area (Å²) in [5, 5.41) is 0. The van der Waals surface area contributed by atoms with Gasteiger partial charge in [-0.3, -0.25) is 8.37 Å². The molecule has 0 N–H and O–H groups in total. The van der Waals surface area contributed by atoms with Crippen LogP contribution in [0.5, 0.6) is 0 Å². The summed E-state index contributed by atoms with van der Waals surface area (Å²) in [4.78, 5) is 0. The van der Waals surface area contributed by atoms with Crippen LogP contribution in [0.25, 0.3) is 0 Å². The second-order valence-electron chi connectivity index (χ2n) is 10.0. The van der Waals surface area contributed by atoms with Crippen molar-refractivity contribution in [2.24, 2.45) is 0 Å². The molecule has 0 unspecified atom stereocenters. The number of hydrogen-bond acceptors (Lipinski definition) is 10. The first kappa shape index (κ1) is 45.7. The third-order valence-corrected chi connectivity index (χ3v) is 7.11. The minimum absolute atomic E-state index is 0. The monoisotopic (exact) mass is 682 g/mol. The molecule has 0 aliphatic carbocycles. The molecule has 0 radical (unpaired) electrons. The van der Waals surface area contributed by atoms with Crippen LogP contribution in [0.3, 0.4) is 0 Å². The quantitative estimate of drug-likeness (QED) is 0.0342. The van der Waals surface area contributed by atoms with E-state index in [-0.39, 0.29) is 45.9 Å². The van der Waals surface area contributed by atoms with Crippen LogP contribution in [0.1, 0.15) is 142 Å². The van der Waals surface area contributed by atoms with Gasteiger partial charge in [0.15, 0.2) is 0 Å². The average Bonchev–Trinajstić information content (AvgIpc) is 2.88. The van der Waals surface area contributed by atoms with Crippen molar-refractivity contribution in [3.63, 3.8) is 0 Å². The fourth-order valence-electron chi connectivity index (χ4n) is 3.98. The summed E-state index contributed by atoms with van der Waals surface area (Å²) in [5.41, 5.74) is 0. The van der Waals surface area contributed by atoms with Crippen molar-refractivity contribution in [1.82, 2.24) is 0 Å². The van der Waals surface area contributed by atoms with Gasteiger partial charge in [-0.15, -0.1) is 0 Å². The maximum atomic E-state index is 10.1. The topological polar surface area (TPSA) is 151 Å². The number of unbranched alkanes of at least 4 members (excludes halogenated alkanes) is 18. The Balaban J connectivity index is -0.000000688. The summed E-state index contributed by atoms with van der Waals surface area (Å²) in [6.07, 6.45) is 25.3. The van der Waals surface area contributed by atoms with Crippen LogP contribution in [0.4, 0.5) is 0 Å². The average molecular weight is 684 g/mol. The largest absolute Gasteiger partial charge is 0.726 e. The first-order valence-electron chi connectivity index (χ1n) is 15.5. The molecule has 0 aromatic rings. The smallest absolute Gasteiger partial charge is 0.217 e. The Kier molecular flexibility index (Phi) is 38.8. The van der Waals surface area contributed by atoms with Crippen molar-refractivity contribution in [1.29, 1.82) is 0 Å². The van der Waals surface area contributed by atoms with Gasteiger partial charge in [0.1, 0.15) is 0 Å². The summed E-state index contributed by atoms with van der Waals surface area (Å²) in [6.45, 7) is 5.57. The van der Waals surface area contributed by atoms with Crippen LogP contribution in [0, 0.1) is 0 Å². The molecule has 0 atom stereocenters. The predicted molar refractivity (Wildman–Crippen MR) is 157 cm³/mol. The minimum atomic E-state index is -4.57. The Bertz CT molecular complexity index is 647. The molecule has 0 rings (SSSR count). The van der Waals surface area contributed by atoms with E-state index in [0.717, 1.165) is 25.7 Å². The summed E-state index contributed by atoms with van der Waals surface area (Å²) in [6, 6.07) is 0. The molecular weight excluding hydrogens is 626 g/mol. The maximum Gasteiger partial charge on any atom is 0.217 e. The van der Waals surface area contributed by atoms with E-state index >= 15 is 0 Å². The molecule has 13 heteroatoms. The zero-order valence-electron chi connectivity index (χ0n) is 26.0.